The molecule has 1 aromatic heterocycles. The van der Waals surface area contributed by atoms with Gasteiger partial charge < -0.3 is 14.4 Å². The molecule has 1 saturated heterocycles. The van der Waals surface area contributed by atoms with E-state index in [9.17, 15) is 9.59 Å². The smallest absolute Gasteiger partial charge is 0.338 e. The lowest BCUT2D eigenvalue weighted by atomic mass is 9.79. The van der Waals surface area contributed by atoms with Crippen LogP contribution in [-0.2, 0) is 0 Å². The van der Waals surface area contributed by atoms with Crippen LogP contribution in [0.25, 0.3) is 0 Å². The van der Waals surface area contributed by atoms with Gasteiger partial charge in [0.2, 0.25) is 0 Å². The molecule has 5 heteroatoms. The number of rotatable bonds is 3. The summed E-state index contributed by atoms with van der Waals surface area (Å²) in [7, 11) is 0. The maximum absolute atomic E-state index is 12.3. The molecule has 1 N–H and O–H groups in total. The minimum absolute atomic E-state index is 0.0126. The van der Waals surface area contributed by atoms with E-state index in [4.69, 9.17) is 9.52 Å². The van der Waals surface area contributed by atoms with E-state index in [1.807, 2.05) is 0 Å². The summed E-state index contributed by atoms with van der Waals surface area (Å²) in [5.41, 5.74) is 0.162. The third kappa shape index (κ3) is 2.80. The number of nitrogens with zero attached hydrogens (tertiary/aromatic N) is 1. The minimum Gasteiger partial charge on any atom is -0.478 e. The van der Waals surface area contributed by atoms with E-state index >= 15 is 0 Å². The Kier molecular flexibility index (Phi) is 3.64. The van der Waals surface area contributed by atoms with Crippen molar-refractivity contribution in [3.63, 3.8) is 0 Å². The van der Waals surface area contributed by atoms with Crippen molar-refractivity contribution in [2.45, 2.75) is 33.1 Å². The van der Waals surface area contributed by atoms with Crippen molar-refractivity contribution in [2.75, 3.05) is 13.1 Å². The second-order valence-electron chi connectivity index (χ2n) is 5.50. The van der Waals surface area contributed by atoms with Gasteiger partial charge in [-0.1, -0.05) is 13.8 Å². The Morgan fingerprint density at radius 2 is 2.26 bits per heavy atom. The summed E-state index contributed by atoms with van der Waals surface area (Å²) in [5.74, 6) is -1.19. The van der Waals surface area contributed by atoms with Crippen molar-refractivity contribution in [3.8, 4) is 0 Å². The molecule has 0 bridgehead atoms. The molecule has 2 rings (SSSR count). The van der Waals surface area contributed by atoms with Crippen molar-refractivity contribution < 1.29 is 19.1 Å². The van der Waals surface area contributed by atoms with E-state index in [0.717, 1.165) is 25.5 Å². The molecule has 5 nitrogen and oxygen atoms in total. The van der Waals surface area contributed by atoms with Crippen LogP contribution in [0.2, 0.25) is 0 Å². The number of carbonyl (C=O) groups is 2. The molecule has 0 aliphatic carbocycles. The monoisotopic (exact) mass is 265 g/mol. The van der Waals surface area contributed by atoms with Gasteiger partial charge in [0.05, 0.1) is 5.56 Å². The number of carboxylic acid groups (broad SMARTS) is 1. The van der Waals surface area contributed by atoms with Crippen LogP contribution in [0, 0.1) is 5.41 Å². The first kappa shape index (κ1) is 13.6. The summed E-state index contributed by atoms with van der Waals surface area (Å²) >= 11 is 0. The SMILES string of the molecule is CCC1(C)CCCN(C(=O)c2cc(C(=O)O)co2)C1. The predicted octanol–water partition coefficient (Wildman–Crippen LogP) is 2.63. The second kappa shape index (κ2) is 5.07. The molecular weight excluding hydrogens is 246 g/mol. The Hall–Kier alpha value is -1.78. The third-order valence-electron chi connectivity index (χ3n) is 3.98. The van der Waals surface area contributed by atoms with Gasteiger partial charge in [-0.25, -0.2) is 4.79 Å². The number of hydrogen-bond donors (Lipinski definition) is 1. The van der Waals surface area contributed by atoms with Crippen LogP contribution in [0.3, 0.4) is 0 Å². The third-order valence-corrected chi connectivity index (χ3v) is 3.98. The summed E-state index contributed by atoms with van der Waals surface area (Å²) in [6.45, 7) is 5.71. The van der Waals surface area contributed by atoms with E-state index in [0.29, 0.717) is 13.1 Å². The van der Waals surface area contributed by atoms with Gasteiger partial charge in [-0.3, -0.25) is 4.79 Å². The van der Waals surface area contributed by atoms with Gasteiger partial charge in [-0.2, -0.15) is 0 Å². The average Bonchev–Trinajstić information content (AvgIpc) is 2.87. The Balaban J connectivity index is 2.12. The molecule has 1 aliphatic heterocycles. The molecule has 104 valence electrons. The Labute approximate surface area is 112 Å². The molecule has 1 aliphatic rings. The van der Waals surface area contributed by atoms with Crippen molar-refractivity contribution >= 4 is 11.9 Å². The zero-order chi connectivity index (χ0) is 14.0. The fourth-order valence-electron chi connectivity index (χ4n) is 2.49. The highest BCUT2D eigenvalue weighted by Crippen LogP contribution is 2.33. The number of carbonyl (C=O) groups excluding carboxylic acids is 1. The molecule has 1 amide bonds. The number of amides is 1. The summed E-state index contributed by atoms with van der Waals surface area (Å²) in [6, 6.07) is 1.29. The van der Waals surface area contributed by atoms with Crippen LogP contribution in [0.4, 0.5) is 0 Å². The maximum atomic E-state index is 12.3. The lowest BCUT2D eigenvalue weighted by Crippen LogP contribution is -2.44. The first-order valence-electron chi connectivity index (χ1n) is 6.56. The number of aromatic carboxylic acids is 1. The standard InChI is InChI=1S/C14H19NO4/c1-3-14(2)5-4-6-15(9-14)12(16)11-7-10(8-19-11)13(17)18/h7-8H,3-6,9H2,1-2H3,(H,17,18). The molecule has 0 spiro atoms. The Bertz CT molecular complexity index is 493. The van der Waals surface area contributed by atoms with Crippen molar-refractivity contribution in [1.29, 1.82) is 0 Å². The molecular formula is C14H19NO4. The fraction of sp³-hybridized carbons (Fsp3) is 0.571. The van der Waals surface area contributed by atoms with Crippen LogP contribution in [0.5, 0.6) is 0 Å². The van der Waals surface area contributed by atoms with E-state index in [1.165, 1.54) is 6.07 Å². The molecule has 0 radical (unpaired) electrons. The summed E-state index contributed by atoms with van der Waals surface area (Å²) in [5, 5.41) is 8.83. The first-order valence-corrected chi connectivity index (χ1v) is 6.56. The highest BCUT2D eigenvalue weighted by atomic mass is 16.4. The predicted molar refractivity (Wildman–Crippen MR) is 69.2 cm³/mol. The molecule has 0 aromatic carbocycles. The quantitative estimate of drug-likeness (QED) is 0.912. The molecule has 1 fully saturated rings. The molecule has 1 aromatic rings. The van der Waals surface area contributed by atoms with Crippen LogP contribution < -0.4 is 0 Å². The topological polar surface area (TPSA) is 70.8 Å². The van der Waals surface area contributed by atoms with Crippen LogP contribution >= 0.6 is 0 Å². The van der Waals surface area contributed by atoms with E-state index < -0.39 is 5.97 Å². The zero-order valence-electron chi connectivity index (χ0n) is 11.3. The number of furan rings is 1. The van der Waals surface area contributed by atoms with Gasteiger partial charge in [-0.15, -0.1) is 0 Å². The maximum Gasteiger partial charge on any atom is 0.338 e. The molecule has 0 saturated carbocycles. The molecule has 19 heavy (non-hydrogen) atoms. The lowest BCUT2D eigenvalue weighted by molar-refractivity contribution is 0.0513. The Morgan fingerprint density at radius 3 is 2.84 bits per heavy atom. The van der Waals surface area contributed by atoms with Crippen molar-refractivity contribution in [1.82, 2.24) is 4.90 Å². The second-order valence-corrected chi connectivity index (χ2v) is 5.50. The summed E-state index contributed by atoms with van der Waals surface area (Å²) < 4.78 is 5.07. The minimum atomic E-state index is -1.08. The van der Waals surface area contributed by atoms with Crippen LogP contribution in [0.1, 0.15) is 54.0 Å². The fourth-order valence-corrected chi connectivity index (χ4v) is 2.49. The highest BCUT2D eigenvalue weighted by Gasteiger charge is 2.33. The number of hydrogen-bond acceptors (Lipinski definition) is 3. The van der Waals surface area contributed by atoms with Gasteiger partial charge in [0, 0.05) is 19.2 Å². The largest absolute Gasteiger partial charge is 0.478 e. The summed E-state index contributed by atoms with van der Waals surface area (Å²) in [6.07, 6.45) is 4.22. The van der Waals surface area contributed by atoms with Gasteiger partial charge in [0.15, 0.2) is 5.76 Å². The molecule has 1 atom stereocenters. The van der Waals surface area contributed by atoms with Crippen LogP contribution in [0.15, 0.2) is 16.7 Å². The van der Waals surface area contributed by atoms with E-state index in [1.54, 1.807) is 4.90 Å². The first-order chi connectivity index (χ1) is 8.95. The normalized spacial score (nSPS) is 23.4. The highest BCUT2D eigenvalue weighted by molar-refractivity contribution is 5.95. The number of carboxylic acids is 1. The van der Waals surface area contributed by atoms with E-state index in [-0.39, 0.29) is 22.6 Å². The number of likely N-dealkylation sites (tertiary alicyclic amines) is 1. The van der Waals surface area contributed by atoms with Crippen molar-refractivity contribution in [3.05, 3.63) is 23.7 Å². The van der Waals surface area contributed by atoms with Crippen molar-refractivity contribution in [2.24, 2.45) is 5.41 Å². The lowest BCUT2D eigenvalue weighted by Gasteiger charge is -2.39. The van der Waals surface area contributed by atoms with Gasteiger partial charge in [0.1, 0.15) is 6.26 Å². The Morgan fingerprint density at radius 1 is 1.53 bits per heavy atom. The average molecular weight is 265 g/mol. The van der Waals surface area contributed by atoms with Crippen LogP contribution in [-0.4, -0.2) is 35.0 Å². The molecule has 2 heterocycles. The molecule has 1 unspecified atom stereocenters. The number of piperidine rings is 1. The van der Waals surface area contributed by atoms with Gasteiger partial charge in [0.25, 0.3) is 5.91 Å². The zero-order valence-corrected chi connectivity index (χ0v) is 11.3. The van der Waals surface area contributed by atoms with E-state index in [2.05, 4.69) is 13.8 Å². The van der Waals surface area contributed by atoms with Gasteiger partial charge >= 0.3 is 5.97 Å². The summed E-state index contributed by atoms with van der Waals surface area (Å²) in [4.78, 5) is 24.8. The van der Waals surface area contributed by atoms with Gasteiger partial charge in [-0.05, 0) is 24.7 Å².